The quantitative estimate of drug-likeness (QED) is 0.824. The SMILES string of the molecule is O=C(CCn1c(=O)oc2ccccc21)N1CCC(N2CCOC2=O)CC1. The van der Waals surface area contributed by atoms with Crippen molar-refractivity contribution < 1.29 is 18.7 Å². The zero-order chi connectivity index (χ0) is 18.1. The molecule has 2 aliphatic rings. The summed E-state index contributed by atoms with van der Waals surface area (Å²) >= 11 is 0. The average Bonchev–Trinajstić information content (AvgIpc) is 3.22. The molecule has 3 heterocycles. The van der Waals surface area contributed by atoms with Gasteiger partial charge in [0.1, 0.15) is 6.61 Å². The Morgan fingerprint density at radius 1 is 1.12 bits per heavy atom. The molecule has 2 fully saturated rings. The number of carbonyl (C=O) groups excluding carboxylic acids is 2. The summed E-state index contributed by atoms with van der Waals surface area (Å²) in [4.78, 5) is 39.7. The van der Waals surface area contributed by atoms with Gasteiger partial charge in [-0.05, 0) is 25.0 Å². The van der Waals surface area contributed by atoms with E-state index in [1.54, 1.807) is 17.0 Å². The maximum atomic E-state index is 12.5. The average molecular weight is 359 g/mol. The lowest BCUT2D eigenvalue weighted by Crippen LogP contribution is -2.47. The minimum absolute atomic E-state index is 0.0182. The summed E-state index contributed by atoms with van der Waals surface area (Å²) in [5.74, 6) is -0.421. The minimum Gasteiger partial charge on any atom is -0.448 e. The molecule has 1 aromatic heterocycles. The van der Waals surface area contributed by atoms with Crippen LogP contribution in [0.1, 0.15) is 19.3 Å². The summed E-state index contributed by atoms with van der Waals surface area (Å²) < 4.78 is 11.7. The number of fused-ring (bicyclic) bond motifs is 1. The number of ether oxygens (including phenoxy) is 1. The maximum absolute atomic E-state index is 12.5. The number of piperidine rings is 1. The van der Waals surface area contributed by atoms with Crippen LogP contribution in [0.15, 0.2) is 33.5 Å². The summed E-state index contributed by atoms with van der Waals surface area (Å²) in [5.41, 5.74) is 1.24. The van der Waals surface area contributed by atoms with Crippen LogP contribution >= 0.6 is 0 Å². The van der Waals surface area contributed by atoms with E-state index >= 15 is 0 Å². The summed E-state index contributed by atoms with van der Waals surface area (Å²) in [6, 6.07) is 7.34. The third kappa shape index (κ3) is 3.07. The number of carbonyl (C=O) groups is 2. The third-order valence-corrected chi connectivity index (χ3v) is 5.17. The van der Waals surface area contributed by atoms with Gasteiger partial charge in [-0.2, -0.15) is 0 Å². The number of likely N-dealkylation sites (tertiary alicyclic amines) is 1. The van der Waals surface area contributed by atoms with E-state index in [1.807, 2.05) is 17.0 Å². The smallest absolute Gasteiger partial charge is 0.419 e. The lowest BCUT2D eigenvalue weighted by molar-refractivity contribution is -0.132. The highest BCUT2D eigenvalue weighted by Gasteiger charge is 2.33. The lowest BCUT2D eigenvalue weighted by atomic mass is 10.0. The molecule has 0 N–H and O–H groups in total. The van der Waals surface area contributed by atoms with Crippen LogP contribution in [0.5, 0.6) is 0 Å². The molecule has 2 amide bonds. The number of hydrogen-bond donors (Lipinski definition) is 0. The third-order valence-electron chi connectivity index (χ3n) is 5.17. The molecule has 26 heavy (non-hydrogen) atoms. The molecular weight excluding hydrogens is 338 g/mol. The van der Waals surface area contributed by atoms with Gasteiger partial charge in [-0.3, -0.25) is 9.36 Å². The molecule has 0 saturated carbocycles. The molecule has 0 atom stereocenters. The fourth-order valence-electron chi connectivity index (χ4n) is 3.76. The highest BCUT2D eigenvalue weighted by Crippen LogP contribution is 2.20. The maximum Gasteiger partial charge on any atom is 0.419 e. The fourth-order valence-corrected chi connectivity index (χ4v) is 3.76. The number of para-hydroxylation sites is 2. The van der Waals surface area contributed by atoms with E-state index in [0.29, 0.717) is 43.9 Å². The summed E-state index contributed by atoms with van der Waals surface area (Å²) in [6.07, 6.45) is 1.52. The van der Waals surface area contributed by atoms with E-state index in [1.165, 1.54) is 4.57 Å². The molecule has 0 aliphatic carbocycles. The fraction of sp³-hybridized carbons (Fsp3) is 0.500. The van der Waals surface area contributed by atoms with Crippen molar-refractivity contribution in [2.24, 2.45) is 0 Å². The number of amides is 2. The van der Waals surface area contributed by atoms with Crippen molar-refractivity contribution in [2.75, 3.05) is 26.2 Å². The second-order valence-electron chi connectivity index (χ2n) is 6.66. The zero-order valence-electron chi connectivity index (χ0n) is 14.4. The number of rotatable bonds is 4. The Morgan fingerprint density at radius 2 is 1.88 bits per heavy atom. The first-order valence-electron chi connectivity index (χ1n) is 8.93. The first kappa shape index (κ1) is 16.7. The molecule has 8 heteroatoms. The number of aryl methyl sites for hydroxylation is 1. The molecule has 0 unspecified atom stereocenters. The van der Waals surface area contributed by atoms with Crippen LogP contribution in [0, 0.1) is 0 Å². The molecule has 138 valence electrons. The van der Waals surface area contributed by atoms with Gasteiger partial charge in [0, 0.05) is 32.1 Å². The van der Waals surface area contributed by atoms with Crippen LogP contribution in [0.25, 0.3) is 11.1 Å². The summed E-state index contributed by atoms with van der Waals surface area (Å²) in [7, 11) is 0. The van der Waals surface area contributed by atoms with Crippen molar-refractivity contribution in [2.45, 2.75) is 31.8 Å². The van der Waals surface area contributed by atoms with E-state index in [9.17, 15) is 14.4 Å². The van der Waals surface area contributed by atoms with Crippen LogP contribution in [0.3, 0.4) is 0 Å². The van der Waals surface area contributed by atoms with Crippen molar-refractivity contribution in [1.29, 1.82) is 0 Å². The van der Waals surface area contributed by atoms with E-state index in [0.717, 1.165) is 12.8 Å². The molecule has 0 radical (unpaired) electrons. The molecule has 2 aromatic rings. The Kier molecular flexibility index (Phi) is 4.40. The molecule has 0 spiro atoms. The van der Waals surface area contributed by atoms with Crippen molar-refractivity contribution in [3.05, 3.63) is 34.8 Å². The van der Waals surface area contributed by atoms with Gasteiger partial charge in [0.25, 0.3) is 0 Å². The van der Waals surface area contributed by atoms with Crippen molar-refractivity contribution in [1.82, 2.24) is 14.4 Å². The molecule has 1 aromatic carbocycles. The molecule has 2 aliphatic heterocycles. The Bertz CT molecular complexity index is 878. The van der Waals surface area contributed by atoms with Crippen LogP contribution in [0.2, 0.25) is 0 Å². The van der Waals surface area contributed by atoms with E-state index < -0.39 is 5.76 Å². The predicted octanol–water partition coefficient (Wildman–Crippen LogP) is 1.43. The van der Waals surface area contributed by atoms with E-state index in [-0.39, 0.29) is 24.5 Å². The molecule has 8 nitrogen and oxygen atoms in total. The van der Waals surface area contributed by atoms with Gasteiger partial charge >= 0.3 is 11.8 Å². The Hall–Kier alpha value is -2.77. The largest absolute Gasteiger partial charge is 0.448 e. The second-order valence-corrected chi connectivity index (χ2v) is 6.66. The van der Waals surface area contributed by atoms with Crippen molar-refractivity contribution in [3.63, 3.8) is 0 Å². The van der Waals surface area contributed by atoms with Crippen molar-refractivity contribution in [3.8, 4) is 0 Å². The Balaban J connectivity index is 1.34. The number of aromatic nitrogens is 1. The molecule has 2 saturated heterocycles. The minimum atomic E-state index is -0.440. The van der Waals surface area contributed by atoms with Gasteiger partial charge < -0.3 is 19.0 Å². The van der Waals surface area contributed by atoms with E-state index in [2.05, 4.69) is 0 Å². The Morgan fingerprint density at radius 3 is 2.62 bits per heavy atom. The highest BCUT2D eigenvalue weighted by molar-refractivity contribution is 5.77. The zero-order valence-corrected chi connectivity index (χ0v) is 14.4. The van der Waals surface area contributed by atoms with Gasteiger partial charge in [-0.1, -0.05) is 12.1 Å². The number of oxazole rings is 1. The van der Waals surface area contributed by atoms with Crippen LogP contribution < -0.4 is 5.76 Å². The van der Waals surface area contributed by atoms with Gasteiger partial charge in [0.05, 0.1) is 12.1 Å². The number of hydrogen-bond acceptors (Lipinski definition) is 5. The monoisotopic (exact) mass is 359 g/mol. The van der Waals surface area contributed by atoms with Crippen LogP contribution in [0.4, 0.5) is 4.79 Å². The summed E-state index contributed by atoms with van der Waals surface area (Å²) in [6.45, 7) is 2.62. The standard InChI is InChI=1S/C18H21N3O5/c22-16(7-10-21-14-3-1-2-4-15(14)26-18(21)24)19-8-5-13(6-9-19)20-11-12-25-17(20)23/h1-4,13H,5-12H2. The Labute approximate surface area is 149 Å². The normalized spacial score (nSPS) is 18.5. The van der Waals surface area contributed by atoms with Gasteiger partial charge in [0.15, 0.2) is 5.58 Å². The van der Waals surface area contributed by atoms with Crippen LogP contribution in [-0.4, -0.2) is 58.7 Å². The first-order valence-corrected chi connectivity index (χ1v) is 8.93. The summed E-state index contributed by atoms with van der Waals surface area (Å²) in [5, 5.41) is 0. The van der Waals surface area contributed by atoms with Gasteiger partial charge in [0.2, 0.25) is 5.91 Å². The lowest BCUT2D eigenvalue weighted by Gasteiger charge is -2.35. The van der Waals surface area contributed by atoms with Crippen molar-refractivity contribution >= 4 is 23.1 Å². The number of nitrogens with zero attached hydrogens (tertiary/aromatic N) is 3. The van der Waals surface area contributed by atoms with Crippen LogP contribution in [-0.2, 0) is 16.1 Å². The molecule has 0 bridgehead atoms. The van der Waals surface area contributed by atoms with Gasteiger partial charge in [-0.25, -0.2) is 9.59 Å². The number of cyclic esters (lactones) is 1. The second kappa shape index (κ2) is 6.86. The predicted molar refractivity (Wildman–Crippen MR) is 92.7 cm³/mol. The number of benzene rings is 1. The highest BCUT2D eigenvalue weighted by atomic mass is 16.6. The first-order chi connectivity index (χ1) is 12.6. The molecular formula is C18H21N3O5. The topological polar surface area (TPSA) is 85.0 Å². The molecule has 4 rings (SSSR count). The van der Waals surface area contributed by atoms with Gasteiger partial charge in [-0.15, -0.1) is 0 Å². The van der Waals surface area contributed by atoms with E-state index in [4.69, 9.17) is 9.15 Å².